The van der Waals surface area contributed by atoms with Crippen molar-refractivity contribution < 1.29 is 13.9 Å². The number of nitrogens with two attached hydrogens (primary N) is 1. The molecule has 0 aromatic heterocycles. The molecule has 0 spiro atoms. The summed E-state index contributed by atoms with van der Waals surface area (Å²) >= 11 is 1.29. The number of morpholine rings is 1. The molecule has 0 radical (unpaired) electrons. The van der Waals surface area contributed by atoms with Crippen molar-refractivity contribution in [2.24, 2.45) is 0 Å². The third-order valence-electron chi connectivity index (χ3n) is 2.95. The van der Waals surface area contributed by atoms with Crippen LogP contribution in [0.25, 0.3) is 0 Å². The van der Waals surface area contributed by atoms with Gasteiger partial charge in [0.15, 0.2) is 0 Å². The molecule has 0 aliphatic carbocycles. The van der Waals surface area contributed by atoms with Gasteiger partial charge in [0.1, 0.15) is 5.82 Å². The first kappa shape index (κ1) is 14.1. The fourth-order valence-corrected chi connectivity index (χ4v) is 2.91. The van der Waals surface area contributed by atoms with E-state index in [1.807, 2.05) is 6.92 Å². The molecule has 1 aliphatic heterocycles. The first-order chi connectivity index (χ1) is 9.08. The lowest BCUT2D eigenvalue weighted by atomic mass is 10.3. The summed E-state index contributed by atoms with van der Waals surface area (Å²) in [6, 6.07) is 4.19. The number of anilines is 1. The number of thioether (sulfide) groups is 1. The predicted molar refractivity (Wildman–Crippen MR) is 73.5 cm³/mol. The molecule has 1 heterocycles. The highest BCUT2D eigenvalue weighted by Crippen LogP contribution is 2.30. The zero-order valence-electron chi connectivity index (χ0n) is 10.8. The summed E-state index contributed by atoms with van der Waals surface area (Å²) in [5, 5.41) is -0.290. The minimum atomic E-state index is -0.345. The van der Waals surface area contributed by atoms with Crippen molar-refractivity contribution in [3.63, 3.8) is 0 Å². The Balaban J connectivity index is 2.01. The van der Waals surface area contributed by atoms with E-state index in [4.69, 9.17) is 10.5 Å². The second-order valence-electron chi connectivity index (χ2n) is 4.38. The quantitative estimate of drug-likeness (QED) is 0.678. The van der Waals surface area contributed by atoms with Crippen molar-refractivity contribution in [3.05, 3.63) is 24.0 Å². The number of nitrogens with zero attached hydrogens (tertiary/aromatic N) is 1. The number of hydrogen-bond donors (Lipinski definition) is 1. The van der Waals surface area contributed by atoms with E-state index in [9.17, 15) is 9.18 Å². The van der Waals surface area contributed by atoms with Crippen molar-refractivity contribution in [3.8, 4) is 0 Å². The van der Waals surface area contributed by atoms with Crippen molar-refractivity contribution >= 4 is 23.4 Å². The molecule has 6 heteroatoms. The number of benzene rings is 1. The van der Waals surface area contributed by atoms with Crippen LogP contribution < -0.4 is 5.73 Å². The molecule has 1 aliphatic rings. The van der Waals surface area contributed by atoms with E-state index < -0.39 is 0 Å². The largest absolute Gasteiger partial charge is 0.398 e. The van der Waals surface area contributed by atoms with E-state index in [1.54, 1.807) is 4.90 Å². The Labute approximate surface area is 116 Å². The van der Waals surface area contributed by atoms with Gasteiger partial charge in [0.25, 0.3) is 0 Å². The lowest BCUT2D eigenvalue weighted by Gasteiger charge is -2.29. The fourth-order valence-electron chi connectivity index (χ4n) is 1.89. The smallest absolute Gasteiger partial charge is 0.235 e. The Morgan fingerprint density at radius 2 is 2.16 bits per heavy atom. The van der Waals surface area contributed by atoms with Gasteiger partial charge in [-0.05, 0) is 25.1 Å². The van der Waals surface area contributed by atoms with Gasteiger partial charge in [-0.25, -0.2) is 4.39 Å². The molecule has 104 valence electrons. The first-order valence-electron chi connectivity index (χ1n) is 6.16. The summed E-state index contributed by atoms with van der Waals surface area (Å²) in [6.07, 6.45) is 0. The molecule has 0 bridgehead atoms. The van der Waals surface area contributed by atoms with Gasteiger partial charge in [-0.15, -0.1) is 11.8 Å². The molecular weight excluding hydrogens is 267 g/mol. The third-order valence-corrected chi connectivity index (χ3v) is 4.11. The molecule has 1 amide bonds. The van der Waals surface area contributed by atoms with Gasteiger partial charge in [0.05, 0.1) is 18.5 Å². The highest BCUT2D eigenvalue weighted by atomic mass is 32.2. The Kier molecular flexibility index (Phi) is 4.66. The number of carbonyl (C=O) groups excluding carboxylic acids is 1. The van der Waals surface area contributed by atoms with Gasteiger partial charge in [-0.1, -0.05) is 0 Å². The lowest BCUT2D eigenvalue weighted by Crippen LogP contribution is -2.44. The molecule has 1 aromatic rings. The molecule has 1 fully saturated rings. The van der Waals surface area contributed by atoms with E-state index in [0.717, 1.165) is 0 Å². The van der Waals surface area contributed by atoms with E-state index in [2.05, 4.69) is 0 Å². The molecule has 2 rings (SSSR count). The summed E-state index contributed by atoms with van der Waals surface area (Å²) in [6.45, 7) is 4.19. The highest BCUT2D eigenvalue weighted by Gasteiger charge is 2.23. The van der Waals surface area contributed by atoms with Crippen LogP contribution in [0.3, 0.4) is 0 Å². The van der Waals surface area contributed by atoms with E-state index in [-0.39, 0.29) is 17.0 Å². The standard InChI is InChI=1S/C13H17FN2O2S/c1-9(13(17)16-4-6-18-7-5-16)19-12-8-10(14)2-3-11(12)15/h2-3,8-9H,4-7,15H2,1H3. The maximum atomic E-state index is 13.2. The zero-order valence-corrected chi connectivity index (χ0v) is 11.6. The molecule has 1 saturated heterocycles. The second kappa shape index (κ2) is 6.25. The first-order valence-corrected chi connectivity index (χ1v) is 7.04. The number of rotatable bonds is 3. The van der Waals surface area contributed by atoms with E-state index in [0.29, 0.717) is 36.9 Å². The van der Waals surface area contributed by atoms with Crippen molar-refractivity contribution in [1.82, 2.24) is 4.90 Å². The molecule has 19 heavy (non-hydrogen) atoms. The predicted octanol–water partition coefficient (Wildman–Crippen LogP) is 1.75. The van der Waals surface area contributed by atoms with Crippen molar-refractivity contribution in [1.29, 1.82) is 0 Å². The van der Waals surface area contributed by atoms with Crippen LogP contribution in [0.15, 0.2) is 23.1 Å². The average molecular weight is 284 g/mol. The Hall–Kier alpha value is -1.27. The summed E-state index contributed by atoms with van der Waals surface area (Å²) in [5.41, 5.74) is 6.28. The number of amides is 1. The molecule has 4 nitrogen and oxygen atoms in total. The Morgan fingerprint density at radius 3 is 2.84 bits per heavy atom. The van der Waals surface area contributed by atoms with Crippen LogP contribution >= 0.6 is 11.8 Å². The number of carbonyl (C=O) groups is 1. The lowest BCUT2D eigenvalue weighted by molar-refractivity contribution is -0.134. The fraction of sp³-hybridized carbons (Fsp3) is 0.462. The SMILES string of the molecule is CC(Sc1cc(F)ccc1N)C(=O)N1CCOCC1. The second-order valence-corrected chi connectivity index (χ2v) is 5.76. The normalized spacial score (nSPS) is 17.3. The van der Waals surface area contributed by atoms with Gasteiger partial charge in [0.2, 0.25) is 5.91 Å². The molecular formula is C13H17FN2O2S. The van der Waals surface area contributed by atoms with Gasteiger partial charge >= 0.3 is 0 Å². The number of hydrogen-bond acceptors (Lipinski definition) is 4. The van der Waals surface area contributed by atoms with Crippen LogP contribution in [0.1, 0.15) is 6.92 Å². The Morgan fingerprint density at radius 1 is 1.47 bits per heavy atom. The summed E-state index contributed by atoms with van der Waals surface area (Å²) < 4.78 is 18.4. The monoisotopic (exact) mass is 284 g/mol. The van der Waals surface area contributed by atoms with Gasteiger partial charge in [0, 0.05) is 23.7 Å². The summed E-state index contributed by atoms with van der Waals surface area (Å²) in [5.74, 6) is -0.306. The Bertz CT molecular complexity index is 464. The molecule has 0 saturated carbocycles. The molecule has 1 atom stereocenters. The van der Waals surface area contributed by atoms with Crippen LogP contribution in [0.5, 0.6) is 0 Å². The minimum Gasteiger partial charge on any atom is -0.398 e. The third kappa shape index (κ3) is 3.61. The highest BCUT2D eigenvalue weighted by molar-refractivity contribution is 8.00. The van der Waals surface area contributed by atoms with Crippen LogP contribution in [0.4, 0.5) is 10.1 Å². The van der Waals surface area contributed by atoms with Crippen LogP contribution in [-0.2, 0) is 9.53 Å². The number of nitrogen functional groups attached to an aromatic ring is 1. The van der Waals surface area contributed by atoms with Crippen molar-refractivity contribution in [2.45, 2.75) is 17.1 Å². The number of ether oxygens (including phenoxy) is 1. The maximum Gasteiger partial charge on any atom is 0.235 e. The topological polar surface area (TPSA) is 55.6 Å². The van der Waals surface area contributed by atoms with Gasteiger partial charge < -0.3 is 15.4 Å². The summed E-state index contributed by atoms with van der Waals surface area (Å²) in [4.78, 5) is 14.6. The maximum absolute atomic E-state index is 13.2. The molecule has 1 unspecified atom stereocenters. The molecule has 1 aromatic carbocycles. The minimum absolute atomic E-state index is 0.0389. The van der Waals surface area contributed by atoms with Crippen LogP contribution in [0.2, 0.25) is 0 Å². The van der Waals surface area contributed by atoms with E-state index >= 15 is 0 Å². The van der Waals surface area contributed by atoms with Crippen LogP contribution in [-0.4, -0.2) is 42.4 Å². The van der Waals surface area contributed by atoms with Crippen LogP contribution in [0, 0.1) is 5.82 Å². The van der Waals surface area contributed by atoms with Crippen molar-refractivity contribution in [2.75, 3.05) is 32.0 Å². The zero-order chi connectivity index (χ0) is 13.8. The van der Waals surface area contributed by atoms with Gasteiger partial charge in [-0.3, -0.25) is 4.79 Å². The number of halogens is 1. The average Bonchev–Trinajstić information content (AvgIpc) is 2.43. The summed E-state index contributed by atoms with van der Waals surface area (Å²) in [7, 11) is 0. The van der Waals surface area contributed by atoms with Gasteiger partial charge in [-0.2, -0.15) is 0 Å². The van der Waals surface area contributed by atoms with E-state index in [1.165, 1.54) is 30.0 Å². The molecule has 2 N–H and O–H groups in total.